The second-order valence-corrected chi connectivity index (χ2v) is 7.04. The minimum absolute atomic E-state index is 0.0891. The normalized spacial score (nSPS) is 13.3. The Bertz CT molecular complexity index is 1120. The summed E-state index contributed by atoms with van der Waals surface area (Å²) in [6.45, 7) is -0.451. The highest BCUT2D eigenvalue weighted by Crippen LogP contribution is 2.40. The molecule has 0 aliphatic heterocycles. The standard InChI is InChI=1S/C20H17F2N5O4/c21-20(22)18-9-17(12-3-4-12)25-26(18)11-19(28)24-13-6-14(27(29)30)8-16(7-13)31-15-2-1-5-23-10-15/h1-2,5-10,12,20H,3-4,11H2,(H,24,28). The van der Waals surface area contributed by atoms with E-state index in [-0.39, 0.29) is 28.7 Å². The molecule has 1 aliphatic carbocycles. The molecule has 1 saturated carbocycles. The Morgan fingerprint density at radius 3 is 2.74 bits per heavy atom. The number of aromatic nitrogens is 3. The smallest absolute Gasteiger partial charge is 0.280 e. The summed E-state index contributed by atoms with van der Waals surface area (Å²) >= 11 is 0. The number of nitrogens with zero attached hydrogens (tertiary/aromatic N) is 4. The molecule has 4 rings (SSSR count). The van der Waals surface area contributed by atoms with Gasteiger partial charge in [0.25, 0.3) is 12.1 Å². The molecule has 2 aromatic heterocycles. The topological polar surface area (TPSA) is 112 Å². The van der Waals surface area contributed by atoms with E-state index < -0.39 is 23.8 Å². The minimum Gasteiger partial charge on any atom is -0.455 e. The maximum atomic E-state index is 13.3. The lowest BCUT2D eigenvalue weighted by Crippen LogP contribution is -2.21. The predicted molar refractivity (Wildman–Crippen MR) is 105 cm³/mol. The van der Waals surface area contributed by atoms with Crippen molar-refractivity contribution in [1.82, 2.24) is 14.8 Å². The van der Waals surface area contributed by atoms with Crippen molar-refractivity contribution >= 4 is 17.3 Å². The Hall–Kier alpha value is -3.89. The predicted octanol–water partition coefficient (Wildman–Crippen LogP) is 4.43. The summed E-state index contributed by atoms with van der Waals surface area (Å²) in [5.74, 6) is -0.0298. The number of amides is 1. The van der Waals surface area contributed by atoms with E-state index in [1.54, 1.807) is 18.3 Å². The Morgan fingerprint density at radius 1 is 1.29 bits per heavy atom. The zero-order chi connectivity index (χ0) is 22.0. The van der Waals surface area contributed by atoms with Crippen LogP contribution in [-0.4, -0.2) is 25.6 Å². The second-order valence-electron chi connectivity index (χ2n) is 7.04. The van der Waals surface area contributed by atoms with E-state index in [2.05, 4.69) is 15.4 Å². The number of benzene rings is 1. The zero-order valence-electron chi connectivity index (χ0n) is 16.1. The fraction of sp³-hybridized carbons (Fsp3) is 0.250. The molecule has 0 unspecified atom stereocenters. The number of ether oxygens (including phenoxy) is 1. The number of nitro benzene ring substituents is 1. The molecule has 1 amide bonds. The first-order valence-corrected chi connectivity index (χ1v) is 9.42. The van der Waals surface area contributed by atoms with Crippen LogP contribution in [0, 0.1) is 10.1 Å². The van der Waals surface area contributed by atoms with E-state index in [1.807, 2.05) is 0 Å². The third-order valence-electron chi connectivity index (χ3n) is 4.60. The zero-order valence-corrected chi connectivity index (χ0v) is 16.1. The van der Waals surface area contributed by atoms with Gasteiger partial charge in [0.15, 0.2) is 0 Å². The quantitative estimate of drug-likeness (QED) is 0.419. The average molecular weight is 429 g/mol. The van der Waals surface area contributed by atoms with Gasteiger partial charge < -0.3 is 10.1 Å². The van der Waals surface area contributed by atoms with Crippen LogP contribution in [-0.2, 0) is 11.3 Å². The van der Waals surface area contributed by atoms with Crippen LogP contribution in [0.25, 0.3) is 0 Å². The fourth-order valence-electron chi connectivity index (χ4n) is 3.03. The van der Waals surface area contributed by atoms with Gasteiger partial charge in [-0.05, 0) is 31.0 Å². The van der Waals surface area contributed by atoms with Gasteiger partial charge in [0, 0.05) is 24.2 Å². The van der Waals surface area contributed by atoms with Crippen LogP contribution in [0.5, 0.6) is 11.5 Å². The lowest BCUT2D eigenvalue weighted by Gasteiger charge is -2.10. The van der Waals surface area contributed by atoms with E-state index in [0.29, 0.717) is 11.4 Å². The van der Waals surface area contributed by atoms with Crippen LogP contribution in [0.3, 0.4) is 0 Å². The number of hydrogen-bond acceptors (Lipinski definition) is 6. The lowest BCUT2D eigenvalue weighted by atomic mass is 10.2. The molecular weight excluding hydrogens is 412 g/mol. The average Bonchev–Trinajstić information content (AvgIpc) is 3.49. The number of non-ortho nitro benzene ring substituents is 1. The maximum absolute atomic E-state index is 13.3. The van der Waals surface area contributed by atoms with Crippen molar-refractivity contribution in [3.63, 3.8) is 0 Å². The van der Waals surface area contributed by atoms with Crippen LogP contribution < -0.4 is 10.1 Å². The Morgan fingerprint density at radius 2 is 2.10 bits per heavy atom. The van der Waals surface area contributed by atoms with Crippen molar-refractivity contribution in [3.8, 4) is 11.5 Å². The molecule has 0 atom stereocenters. The molecule has 31 heavy (non-hydrogen) atoms. The van der Waals surface area contributed by atoms with E-state index >= 15 is 0 Å². The summed E-state index contributed by atoms with van der Waals surface area (Å²) in [7, 11) is 0. The van der Waals surface area contributed by atoms with E-state index in [0.717, 1.165) is 23.6 Å². The molecular formula is C20H17F2N5O4. The summed E-state index contributed by atoms with van der Waals surface area (Å²) in [5.41, 5.74) is -0.00590. The third-order valence-corrected chi connectivity index (χ3v) is 4.60. The molecule has 0 bridgehead atoms. The minimum atomic E-state index is -2.77. The maximum Gasteiger partial charge on any atom is 0.280 e. The van der Waals surface area contributed by atoms with Crippen LogP contribution >= 0.6 is 0 Å². The molecule has 1 N–H and O–H groups in total. The molecule has 1 aliphatic rings. The van der Waals surface area contributed by atoms with Crippen molar-refractivity contribution in [2.45, 2.75) is 31.7 Å². The van der Waals surface area contributed by atoms with Crippen molar-refractivity contribution < 1.29 is 23.2 Å². The monoisotopic (exact) mass is 429 g/mol. The van der Waals surface area contributed by atoms with Crippen molar-refractivity contribution in [2.75, 3.05) is 5.32 Å². The van der Waals surface area contributed by atoms with Crippen molar-refractivity contribution in [1.29, 1.82) is 0 Å². The van der Waals surface area contributed by atoms with E-state index in [1.165, 1.54) is 24.4 Å². The number of carbonyl (C=O) groups is 1. The summed E-state index contributed by atoms with van der Waals surface area (Å²) in [4.78, 5) is 27.0. The largest absolute Gasteiger partial charge is 0.455 e. The van der Waals surface area contributed by atoms with Gasteiger partial charge in [0.1, 0.15) is 23.7 Å². The molecule has 2 heterocycles. The summed E-state index contributed by atoms with van der Waals surface area (Å²) in [6, 6.07) is 8.32. The van der Waals surface area contributed by atoms with Crippen LogP contribution in [0.2, 0.25) is 0 Å². The van der Waals surface area contributed by atoms with Crippen LogP contribution in [0.4, 0.5) is 20.2 Å². The first-order chi connectivity index (χ1) is 14.9. The Labute approximate surface area is 174 Å². The van der Waals surface area contributed by atoms with Gasteiger partial charge in [-0.2, -0.15) is 5.10 Å². The number of nitrogens with one attached hydrogen (secondary N) is 1. The number of hydrogen-bond donors (Lipinski definition) is 1. The first kappa shape index (κ1) is 20.4. The fourth-order valence-corrected chi connectivity index (χ4v) is 3.03. The number of halogens is 2. The Balaban J connectivity index is 1.53. The number of alkyl halides is 2. The van der Waals surface area contributed by atoms with Gasteiger partial charge in [-0.3, -0.25) is 24.6 Å². The molecule has 3 aromatic rings. The first-order valence-electron chi connectivity index (χ1n) is 9.42. The van der Waals surface area contributed by atoms with Crippen LogP contribution in [0.1, 0.15) is 36.6 Å². The molecule has 160 valence electrons. The summed E-state index contributed by atoms with van der Waals surface area (Å²) in [5, 5.41) is 17.9. The van der Waals surface area contributed by atoms with Crippen molar-refractivity contribution in [2.24, 2.45) is 0 Å². The molecule has 0 spiro atoms. The molecule has 0 saturated heterocycles. The SMILES string of the molecule is O=C(Cn1nc(C2CC2)cc1C(F)F)Nc1cc(Oc2cccnc2)cc([N+](=O)[O-])c1. The van der Waals surface area contributed by atoms with Gasteiger partial charge in [-0.25, -0.2) is 8.78 Å². The van der Waals surface area contributed by atoms with Gasteiger partial charge in [-0.15, -0.1) is 0 Å². The third kappa shape index (κ3) is 5.00. The second kappa shape index (κ2) is 8.46. The summed E-state index contributed by atoms with van der Waals surface area (Å²) in [6.07, 6.45) is 1.98. The molecule has 0 radical (unpaired) electrons. The van der Waals surface area contributed by atoms with Gasteiger partial charge in [0.05, 0.1) is 28.6 Å². The van der Waals surface area contributed by atoms with Crippen LogP contribution in [0.15, 0.2) is 48.8 Å². The highest BCUT2D eigenvalue weighted by Gasteiger charge is 2.29. The van der Waals surface area contributed by atoms with Gasteiger partial charge in [0.2, 0.25) is 5.91 Å². The number of pyridine rings is 1. The number of rotatable bonds is 8. The molecule has 1 aromatic carbocycles. The number of anilines is 1. The Kier molecular flexibility index (Phi) is 5.56. The lowest BCUT2D eigenvalue weighted by molar-refractivity contribution is -0.384. The summed E-state index contributed by atoms with van der Waals surface area (Å²) < 4.78 is 33.2. The molecule has 1 fully saturated rings. The number of carbonyl (C=O) groups excluding carboxylic acids is 1. The van der Waals surface area contributed by atoms with E-state index in [9.17, 15) is 23.7 Å². The van der Waals surface area contributed by atoms with Gasteiger partial charge in [-0.1, -0.05) is 0 Å². The van der Waals surface area contributed by atoms with E-state index in [4.69, 9.17) is 4.74 Å². The highest BCUT2D eigenvalue weighted by atomic mass is 19.3. The highest BCUT2D eigenvalue weighted by molar-refractivity contribution is 5.91. The van der Waals surface area contributed by atoms with Crippen molar-refractivity contribution in [3.05, 3.63) is 70.3 Å². The molecule has 11 heteroatoms. The number of nitro groups is 1. The molecule has 9 nitrogen and oxygen atoms in total. The van der Waals surface area contributed by atoms with Gasteiger partial charge >= 0.3 is 0 Å².